The van der Waals surface area contributed by atoms with E-state index in [1.165, 1.54) is 17.5 Å². The fourth-order valence-electron chi connectivity index (χ4n) is 3.78. The van der Waals surface area contributed by atoms with Gasteiger partial charge in [0.05, 0.1) is 11.9 Å². The summed E-state index contributed by atoms with van der Waals surface area (Å²) in [5, 5.41) is 14.0. The van der Waals surface area contributed by atoms with E-state index in [1.807, 2.05) is 10.9 Å². The van der Waals surface area contributed by atoms with Gasteiger partial charge in [0.25, 0.3) is 0 Å². The maximum Gasteiger partial charge on any atom is 0.0645 e. The van der Waals surface area contributed by atoms with Crippen LogP contribution in [-0.2, 0) is 6.54 Å². The third kappa shape index (κ3) is 5.64. The molecule has 1 aromatic heterocycles. The van der Waals surface area contributed by atoms with E-state index in [1.54, 1.807) is 0 Å². The van der Waals surface area contributed by atoms with Gasteiger partial charge >= 0.3 is 0 Å². The molecule has 0 radical (unpaired) electrons. The molecule has 0 bridgehead atoms. The Morgan fingerprint density at radius 2 is 1.96 bits per heavy atom. The van der Waals surface area contributed by atoms with Crippen LogP contribution >= 0.6 is 0 Å². The molecule has 3 rings (SSSR count). The zero-order valence-electron chi connectivity index (χ0n) is 17.0. The van der Waals surface area contributed by atoms with E-state index >= 15 is 0 Å². The van der Waals surface area contributed by atoms with E-state index in [4.69, 9.17) is 0 Å². The Hall–Kier alpha value is -1.69. The van der Waals surface area contributed by atoms with Gasteiger partial charge < -0.3 is 5.11 Å². The molecule has 2 heterocycles. The van der Waals surface area contributed by atoms with Gasteiger partial charge in [-0.05, 0) is 44.4 Å². The summed E-state index contributed by atoms with van der Waals surface area (Å²) < 4.78 is 1.96. The third-order valence-corrected chi connectivity index (χ3v) is 5.49. The highest BCUT2D eigenvalue weighted by Crippen LogP contribution is 2.18. The quantitative estimate of drug-likeness (QED) is 0.776. The first-order valence-corrected chi connectivity index (χ1v) is 10.2. The average Bonchev–Trinajstić information content (AvgIpc) is 3.10. The minimum atomic E-state index is 0.266. The van der Waals surface area contributed by atoms with Crippen LogP contribution in [0.15, 0.2) is 36.7 Å². The van der Waals surface area contributed by atoms with Crippen LogP contribution in [0.4, 0.5) is 0 Å². The van der Waals surface area contributed by atoms with Crippen molar-refractivity contribution in [1.29, 1.82) is 0 Å². The molecule has 1 saturated heterocycles. The lowest BCUT2D eigenvalue weighted by atomic mass is 10.1. The van der Waals surface area contributed by atoms with Gasteiger partial charge in [-0.1, -0.05) is 31.5 Å². The number of piperazine rings is 1. The van der Waals surface area contributed by atoms with Crippen molar-refractivity contribution in [3.63, 3.8) is 0 Å². The number of hydrogen-bond acceptors (Lipinski definition) is 4. The molecule has 2 aromatic rings. The summed E-state index contributed by atoms with van der Waals surface area (Å²) in [5.41, 5.74) is 3.61. The number of benzene rings is 1. The van der Waals surface area contributed by atoms with Gasteiger partial charge in [0.15, 0.2) is 0 Å². The summed E-state index contributed by atoms with van der Waals surface area (Å²) in [6, 6.07) is 8.90. The van der Waals surface area contributed by atoms with Crippen LogP contribution in [0.1, 0.15) is 37.8 Å². The summed E-state index contributed by atoms with van der Waals surface area (Å²) >= 11 is 0. The number of aryl methyl sites for hydroxylation is 1. The summed E-state index contributed by atoms with van der Waals surface area (Å²) in [7, 11) is 0. The Labute approximate surface area is 163 Å². The van der Waals surface area contributed by atoms with Crippen molar-refractivity contribution in [1.82, 2.24) is 19.6 Å². The summed E-state index contributed by atoms with van der Waals surface area (Å²) in [5.74, 6) is 0.727. The zero-order valence-corrected chi connectivity index (χ0v) is 17.0. The number of nitrogens with zero attached hydrogens (tertiary/aromatic N) is 4. The Morgan fingerprint density at radius 1 is 1.19 bits per heavy atom. The van der Waals surface area contributed by atoms with Crippen molar-refractivity contribution in [2.24, 2.45) is 5.92 Å². The molecular weight excluding hydrogens is 336 g/mol. The predicted octanol–water partition coefficient (Wildman–Crippen LogP) is 3.10. The normalized spacial score (nSPS) is 19.1. The second kappa shape index (κ2) is 9.49. The van der Waals surface area contributed by atoms with Crippen LogP contribution in [0.3, 0.4) is 0 Å². The highest BCUT2D eigenvalue weighted by Gasteiger charge is 2.26. The average molecular weight is 371 g/mol. The molecule has 1 N–H and O–H groups in total. The second-order valence-corrected chi connectivity index (χ2v) is 8.25. The lowest BCUT2D eigenvalue weighted by molar-refractivity contribution is 0.0524. The van der Waals surface area contributed by atoms with Crippen molar-refractivity contribution in [3.8, 4) is 5.69 Å². The maximum absolute atomic E-state index is 9.48. The molecule has 1 aromatic carbocycles. The molecule has 1 unspecified atom stereocenters. The Kier molecular flexibility index (Phi) is 7.05. The van der Waals surface area contributed by atoms with Crippen LogP contribution in [0.5, 0.6) is 0 Å². The third-order valence-electron chi connectivity index (χ3n) is 5.49. The minimum Gasteiger partial charge on any atom is -0.396 e. The van der Waals surface area contributed by atoms with Crippen molar-refractivity contribution in [3.05, 3.63) is 47.8 Å². The maximum atomic E-state index is 9.48. The molecule has 1 atom stereocenters. The number of aromatic nitrogens is 2. The molecule has 5 nitrogen and oxygen atoms in total. The Morgan fingerprint density at radius 3 is 2.67 bits per heavy atom. The smallest absolute Gasteiger partial charge is 0.0645 e. The molecule has 0 aliphatic carbocycles. The zero-order chi connectivity index (χ0) is 19.2. The summed E-state index contributed by atoms with van der Waals surface area (Å²) in [6.07, 6.45) is 6.20. The minimum absolute atomic E-state index is 0.266. The summed E-state index contributed by atoms with van der Waals surface area (Å²) in [6.45, 7) is 12.2. The largest absolute Gasteiger partial charge is 0.396 e. The first-order chi connectivity index (χ1) is 13.0. The molecule has 1 aliphatic heterocycles. The number of hydrogen-bond donors (Lipinski definition) is 1. The van der Waals surface area contributed by atoms with Gasteiger partial charge in [0, 0.05) is 50.6 Å². The van der Waals surface area contributed by atoms with Gasteiger partial charge in [0.2, 0.25) is 0 Å². The molecule has 0 saturated carbocycles. The fraction of sp³-hybridized carbons (Fsp3) is 0.591. The molecule has 0 spiro atoms. The standard InChI is InChI=1S/C22H34N4O/c1-18(2)8-10-25-12-11-24(17-22(25)9-13-27)15-20-14-23-26(16-20)21-6-4-19(3)5-7-21/h4-7,14,16,18,22,27H,8-13,15,17H2,1-3H3. The van der Waals surface area contributed by atoms with Crippen molar-refractivity contribution in [2.75, 3.05) is 32.8 Å². The molecule has 0 amide bonds. The SMILES string of the molecule is Cc1ccc(-n2cc(CN3CCN(CCC(C)C)C(CCO)C3)cn2)cc1. The lowest BCUT2D eigenvalue weighted by Crippen LogP contribution is -2.53. The van der Waals surface area contributed by atoms with Gasteiger partial charge in [-0.2, -0.15) is 5.10 Å². The molecule has 5 heteroatoms. The van der Waals surface area contributed by atoms with Crippen LogP contribution in [0, 0.1) is 12.8 Å². The van der Waals surface area contributed by atoms with Crippen LogP contribution in [0.2, 0.25) is 0 Å². The van der Waals surface area contributed by atoms with Crippen LogP contribution in [0.25, 0.3) is 5.69 Å². The van der Waals surface area contributed by atoms with Crippen LogP contribution < -0.4 is 0 Å². The first kappa shape index (κ1) is 20.1. The fourth-order valence-corrected chi connectivity index (χ4v) is 3.78. The molecular formula is C22H34N4O. The highest BCUT2D eigenvalue weighted by atomic mass is 16.3. The monoisotopic (exact) mass is 370 g/mol. The first-order valence-electron chi connectivity index (χ1n) is 10.2. The van der Waals surface area contributed by atoms with E-state index < -0.39 is 0 Å². The van der Waals surface area contributed by atoms with Crippen LogP contribution in [-0.4, -0.2) is 63.5 Å². The second-order valence-electron chi connectivity index (χ2n) is 8.25. The molecule has 1 fully saturated rings. The summed E-state index contributed by atoms with van der Waals surface area (Å²) in [4.78, 5) is 5.07. The van der Waals surface area contributed by atoms with E-state index in [9.17, 15) is 5.11 Å². The van der Waals surface area contributed by atoms with E-state index in [0.29, 0.717) is 6.04 Å². The van der Waals surface area contributed by atoms with Crippen molar-refractivity contribution < 1.29 is 5.11 Å². The molecule has 148 valence electrons. The van der Waals surface area contributed by atoms with E-state index in [0.717, 1.165) is 50.7 Å². The van der Waals surface area contributed by atoms with Gasteiger partial charge in [-0.15, -0.1) is 0 Å². The number of aliphatic hydroxyl groups excluding tert-OH is 1. The van der Waals surface area contributed by atoms with E-state index in [-0.39, 0.29) is 6.61 Å². The van der Waals surface area contributed by atoms with Gasteiger partial charge in [-0.3, -0.25) is 9.80 Å². The molecule has 1 aliphatic rings. The lowest BCUT2D eigenvalue weighted by Gasteiger charge is -2.41. The van der Waals surface area contributed by atoms with E-state index in [2.05, 4.69) is 66.1 Å². The number of aliphatic hydroxyl groups is 1. The van der Waals surface area contributed by atoms with Gasteiger partial charge in [-0.25, -0.2) is 4.68 Å². The molecule has 27 heavy (non-hydrogen) atoms. The number of rotatable bonds is 8. The topological polar surface area (TPSA) is 44.5 Å². The Balaban J connectivity index is 1.59. The predicted molar refractivity (Wildman–Crippen MR) is 110 cm³/mol. The van der Waals surface area contributed by atoms with Gasteiger partial charge in [0.1, 0.15) is 0 Å². The van der Waals surface area contributed by atoms with Crippen molar-refractivity contribution in [2.45, 2.75) is 46.2 Å². The highest BCUT2D eigenvalue weighted by molar-refractivity contribution is 5.33. The van der Waals surface area contributed by atoms with Crippen molar-refractivity contribution >= 4 is 0 Å². The Bertz CT molecular complexity index is 695.